The number of aliphatic carboxylic acids is 1. The zero-order valence-corrected chi connectivity index (χ0v) is 9.41. The zero-order valence-electron chi connectivity index (χ0n) is 8.52. The van der Waals surface area contributed by atoms with Crippen LogP contribution in [0.25, 0.3) is 0 Å². The van der Waals surface area contributed by atoms with Gasteiger partial charge in [-0.2, -0.15) is 0 Å². The molecule has 0 aromatic rings. The predicted molar refractivity (Wildman–Crippen MR) is 49.8 cm³/mol. The van der Waals surface area contributed by atoms with Crippen molar-refractivity contribution in [2.75, 3.05) is 0 Å². The Hall–Kier alpha value is -1.07. The zero-order chi connectivity index (χ0) is 14.7. The van der Waals surface area contributed by atoms with Gasteiger partial charge in [0.1, 0.15) is 12.2 Å². The van der Waals surface area contributed by atoms with Crippen LogP contribution in [0.15, 0.2) is 0 Å². The number of hydrogen-bond acceptors (Lipinski definition) is 8. The summed E-state index contributed by atoms with van der Waals surface area (Å²) in [5, 5.41) is 44.2. The molecule has 0 spiro atoms. The van der Waals surface area contributed by atoms with E-state index in [-0.39, 0.29) is 0 Å². The molecule has 0 saturated carbocycles. The molecule has 12 heteroatoms. The van der Waals surface area contributed by atoms with Gasteiger partial charge in [-0.1, -0.05) is 0 Å². The summed E-state index contributed by atoms with van der Waals surface area (Å²) in [5.41, 5.74) is 0. The van der Waals surface area contributed by atoms with E-state index in [1.54, 1.807) is 0 Å². The molecule has 0 radical (unpaired) electrons. The fourth-order valence-electron chi connectivity index (χ4n) is 0.830. The van der Waals surface area contributed by atoms with Crippen LogP contribution in [-0.2, 0) is 18.7 Å². The number of phosphoric acid groups is 1. The van der Waals surface area contributed by atoms with Crippen molar-refractivity contribution in [2.45, 2.75) is 24.4 Å². The number of aliphatic hydroxyl groups is 4. The Morgan fingerprint density at radius 2 is 1.33 bits per heavy atom. The van der Waals surface area contributed by atoms with Gasteiger partial charge >= 0.3 is 19.8 Å². The number of carbonyl (C=O) groups excluding carboxylic acids is 1. The molecule has 0 heterocycles. The maximum atomic E-state index is 10.8. The van der Waals surface area contributed by atoms with Crippen LogP contribution in [0, 0.1) is 0 Å². The molecule has 0 fully saturated rings. The molecule has 0 aromatic carbocycles. The lowest BCUT2D eigenvalue weighted by Gasteiger charge is -2.23. The standard InChI is InChI=1S/C6H11O11P/c7-1(3(9)5(11)12)2(8)4(10)6(13)17-18(14,15)16/h1-4,7-10H,(H,11,12)(H2,14,15,16)/t1-,2+,3+,4-/m1/s1. The summed E-state index contributed by atoms with van der Waals surface area (Å²) in [5.74, 6) is -3.94. The van der Waals surface area contributed by atoms with Gasteiger partial charge in [0.05, 0.1) is 0 Å². The Labute approximate surface area is 99.1 Å². The van der Waals surface area contributed by atoms with E-state index in [0.29, 0.717) is 0 Å². The number of carboxylic acid groups (broad SMARTS) is 1. The molecule has 0 aliphatic heterocycles. The minimum Gasteiger partial charge on any atom is -0.479 e. The first-order valence-electron chi connectivity index (χ1n) is 4.21. The van der Waals surface area contributed by atoms with Crippen molar-refractivity contribution in [2.24, 2.45) is 0 Å². The van der Waals surface area contributed by atoms with E-state index in [1.807, 2.05) is 0 Å². The average molecular weight is 290 g/mol. The lowest BCUT2D eigenvalue weighted by molar-refractivity contribution is -0.171. The molecule has 7 N–H and O–H groups in total. The van der Waals surface area contributed by atoms with Crippen molar-refractivity contribution < 1.29 is 54.0 Å². The summed E-state index contributed by atoms with van der Waals surface area (Å²) < 4.78 is 13.6. The first-order chi connectivity index (χ1) is 7.97. The van der Waals surface area contributed by atoms with Gasteiger partial charge in [-0.25, -0.2) is 14.2 Å². The van der Waals surface area contributed by atoms with Crippen LogP contribution < -0.4 is 0 Å². The van der Waals surface area contributed by atoms with E-state index in [1.165, 1.54) is 0 Å². The molecule has 11 nitrogen and oxygen atoms in total. The van der Waals surface area contributed by atoms with Gasteiger partial charge in [-0.15, -0.1) is 0 Å². The summed E-state index contributed by atoms with van der Waals surface area (Å²) in [6, 6.07) is 0. The second-order valence-electron chi connectivity index (χ2n) is 3.11. The molecule has 0 bridgehead atoms. The van der Waals surface area contributed by atoms with Crippen LogP contribution in [0.2, 0.25) is 0 Å². The van der Waals surface area contributed by atoms with Crippen molar-refractivity contribution in [1.82, 2.24) is 0 Å². The summed E-state index contributed by atoms with van der Waals surface area (Å²) in [6.45, 7) is 0. The fourth-order valence-corrected chi connectivity index (χ4v) is 1.17. The molecular formula is C6H11O11P. The molecule has 0 rings (SSSR count). The number of hydrogen-bond donors (Lipinski definition) is 7. The minimum atomic E-state index is -5.27. The Kier molecular flexibility index (Phi) is 5.83. The highest BCUT2D eigenvalue weighted by Crippen LogP contribution is 2.36. The van der Waals surface area contributed by atoms with Gasteiger partial charge in [0, 0.05) is 0 Å². The molecule has 0 aliphatic carbocycles. The van der Waals surface area contributed by atoms with Crippen LogP contribution in [0.3, 0.4) is 0 Å². The first kappa shape index (κ1) is 16.9. The highest BCUT2D eigenvalue weighted by Gasteiger charge is 2.39. The second kappa shape index (κ2) is 6.20. The van der Waals surface area contributed by atoms with E-state index in [9.17, 15) is 14.2 Å². The quantitative estimate of drug-likeness (QED) is 0.236. The molecule has 18 heavy (non-hydrogen) atoms. The van der Waals surface area contributed by atoms with Crippen LogP contribution >= 0.6 is 7.82 Å². The number of carboxylic acids is 1. The van der Waals surface area contributed by atoms with Gasteiger partial charge < -0.3 is 30.1 Å². The van der Waals surface area contributed by atoms with Gasteiger partial charge in [-0.05, 0) is 0 Å². The van der Waals surface area contributed by atoms with Gasteiger partial charge in [0.25, 0.3) is 0 Å². The lowest BCUT2D eigenvalue weighted by atomic mass is 10.0. The number of carbonyl (C=O) groups is 2. The number of rotatable bonds is 6. The van der Waals surface area contributed by atoms with Crippen molar-refractivity contribution in [3.05, 3.63) is 0 Å². The SMILES string of the molecule is O=C(O)[C@@H](O)[C@H](O)[C@H](O)[C@@H](O)C(=O)OP(=O)(O)O. The largest absolute Gasteiger partial charge is 0.527 e. The summed E-state index contributed by atoms with van der Waals surface area (Å²) in [7, 11) is -5.27. The second-order valence-corrected chi connectivity index (χ2v) is 4.27. The molecule has 106 valence electrons. The Morgan fingerprint density at radius 1 is 0.944 bits per heavy atom. The monoisotopic (exact) mass is 290 g/mol. The fraction of sp³-hybridized carbons (Fsp3) is 0.667. The van der Waals surface area contributed by atoms with Crippen LogP contribution in [0.4, 0.5) is 0 Å². The summed E-state index contributed by atoms with van der Waals surface area (Å²) >= 11 is 0. The third-order valence-corrected chi connectivity index (χ3v) is 2.12. The van der Waals surface area contributed by atoms with Crippen molar-refractivity contribution in [3.63, 3.8) is 0 Å². The van der Waals surface area contributed by atoms with Crippen LogP contribution in [-0.4, -0.2) is 71.7 Å². The third kappa shape index (κ3) is 5.06. The van der Waals surface area contributed by atoms with E-state index in [4.69, 9.17) is 35.3 Å². The van der Waals surface area contributed by atoms with Gasteiger partial charge in [0.2, 0.25) is 0 Å². The molecule has 4 atom stereocenters. The smallest absolute Gasteiger partial charge is 0.479 e. The topological polar surface area (TPSA) is 202 Å². The normalized spacial score (nSPS) is 18.6. The molecule has 0 saturated heterocycles. The van der Waals surface area contributed by atoms with Crippen molar-refractivity contribution in [3.8, 4) is 0 Å². The van der Waals surface area contributed by atoms with Crippen LogP contribution in [0.5, 0.6) is 0 Å². The Balaban J connectivity index is 4.69. The Bertz CT molecular complexity index is 361. The highest BCUT2D eigenvalue weighted by molar-refractivity contribution is 7.46. The maximum Gasteiger partial charge on any atom is 0.527 e. The molecule has 0 aliphatic rings. The highest BCUT2D eigenvalue weighted by atomic mass is 31.2. The van der Waals surface area contributed by atoms with E-state index in [2.05, 4.69) is 4.52 Å². The summed E-state index contributed by atoms with van der Waals surface area (Å²) in [4.78, 5) is 37.5. The lowest BCUT2D eigenvalue weighted by Crippen LogP contribution is -2.50. The first-order valence-corrected chi connectivity index (χ1v) is 5.74. The summed E-state index contributed by atoms with van der Waals surface area (Å²) in [6.07, 6.45) is -10.2. The molecule has 0 amide bonds. The van der Waals surface area contributed by atoms with Crippen molar-refractivity contribution in [1.29, 1.82) is 0 Å². The Morgan fingerprint density at radius 3 is 1.67 bits per heavy atom. The molecular weight excluding hydrogens is 279 g/mol. The van der Waals surface area contributed by atoms with E-state index >= 15 is 0 Å². The minimum absolute atomic E-state index is 1.95. The molecule has 0 unspecified atom stereocenters. The van der Waals surface area contributed by atoms with Gasteiger partial charge in [-0.3, -0.25) is 9.79 Å². The maximum absolute atomic E-state index is 10.8. The third-order valence-electron chi connectivity index (χ3n) is 1.70. The number of aliphatic hydroxyl groups excluding tert-OH is 4. The molecule has 0 aromatic heterocycles. The van der Waals surface area contributed by atoms with Crippen molar-refractivity contribution >= 4 is 19.8 Å². The predicted octanol–water partition coefficient (Wildman–Crippen LogP) is -3.85. The van der Waals surface area contributed by atoms with Gasteiger partial charge in [0.15, 0.2) is 12.2 Å². The number of phosphoric ester groups is 1. The van der Waals surface area contributed by atoms with E-state index < -0.39 is 44.2 Å². The average Bonchev–Trinajstić information content (AvgIpc) is 2.22. The van der Waals surface area contributed by atoms with Crippen LogP contribution in [0.1, 0.15) is 0 Å². The van der Waals surface area contributed by atoms with E-state index in [0.717, 1.165) is 0 Å².